The Bertz CT molecular complexity index is 691. The number of hydrogen-bond donors (Lipinski definition) is 1. The number of amides is 1. The van der Waals surface area contributed by atoms with Gasteiger partial charge in [0.05, 0.1) is 5.92 Å². The van der Waals surface area contributed by atoms with Crippen molar-refractivity contribution in [3.63, 3.8) is 0 Å². The van der Waals surface area contributed by atoms with Gasteiger partial charge in [0.15, 0.2) is 0 Å². The molecule has 2 aromatic rings. The fraction of sp³-hybridized carbons (Fsp3) is 0.278. The van der Waals surface area contributed by atoms with Crippen LogP contribution in [0.1, 0.15) is 41.2 Å². The van der Waals surface area contributed by atoms with Gasteiger partial charge in [-0.2, -0.15) is 0 Å². The van der Waals surface area contributed by atoms with Crippen LogP contribution in [-0.2, 0) is 4.79 Å². The number of benzene rings is 2. The zero-order valence-electron chi connectivity index (χ0n) is 12.5. The zero-order chi connectivity index (χ0) is 15.1. The first-order valence-electron chi connectivity index (χ1n) is 7.15. The third-order valence-electron chi connectivity index (χ3n) is 4.29. The number of aliphatic hydroxyl groups is 1. The quantitative estimate of drug-likeness (QED) is 0.918. The minimum absolute atomic E-state index is 0.104. The lowest BCUT2D eigenvalue weighted by Gasteiger charge is -2.14. The predicted molar refractivity (Wildman–Crippen MR) is 83.5 cm³/mol. The summed E-state index contributed by atoms with van der Waals surface area (Å²) in [5.41, 5.74) is 4.79. The van der Waals surface area contributed by atoms with Crippen LogP contribution in [0.15, 0.2) is 42.5 Å². The number of likely N-dealkylation sites (N-methyl/N-ethyl adjacent to an activating group) is 1. The lowest BCUT2D eigenvalue weighted by molar-refractivity contribution is -0.118. The van der Waals surface area contributed by atoms with E-state index in [1.165, 1.54) is 5.56 Å². The molecule has 2 aromatic carbocycles. The van der Waals surface area contributed by atoms with Gasteiger partial charge in [-0.15, -0.1) is 0 Å². The van der Waals surface area contributed by atoms with E-state index in [9.17, 15) is 9.90 Å². The highest BCUT2D eigenvalue weighted by Gasteiger charge is 2.32. The molecule has 0 saturated heterocycles. The van der Waals surface area contributed by atoms with E-state index in [1.54, 1.807) is 11.9 Å². The second kappa shape index (κ2) is 5.01. The number of aryl methyl sites for hydroxylation is 1. The third kappa shape index (κ3) is 2.24. The predicted octanol–water partition coefficient (Wildman–Crippen LogP) is 3.16. The van der Waals surface area contributed by atoms with Crippen molar-refractivity contribution in [2.24, 2.45) is 0 Å². The summed E-state index contributed by atoms with van der Waals surface area (Å²) in [5.74, 6) is -0.0397. The zero-order valence-corrected chi connectivity index (χ0v) is 12.5. The first-order valence-corrected chi connectivity index (χ1v) is 7.15. The van der Waals surface area contributed by atoms with Crippen LogP contribution in [0.5, 0.6) is 0 Å². The Morgan fingerprint density at radius 1 is 1.10 bits per heavy atom. The maximum absolute atomic E-state index is 12.0. The second-order valence-corrected chi connectivity index (χ2v) is 5.75. The van der Waals surface area contributed by atoms with Crippen LogP contribution in [0.3, 0.4) is 0 Å². The SMILES string of the molecule is Cc1ccc(C(O)c2ccc3c(c2)C(C)C(=O)N3C)cc1. The van der Waals surface area contributed by atoms with E-state index < -0.39 is 6.10 Å². The average molecular weight is 281 g/mol. The van der Waals surface area contributed by atoms with E-state index >= 15 is 0 Å². The third-order valence-corrected chi connectivity index (χ3v) is 4.29. The number of aliphatic hydroxyl groups excluding tert-OH is 1. The maximum atomic E-state index is 12.0. The molecule has 108 valence electrons. The molecule has 1 heterocycles. The summed E-state index contributed by atoms with van der Waals surface area (Å²) >= 11 is 0. The largest absolute Gasteiger partial charge is 0.384 e. The standard InChI is InChI=1S/C18H19NO2/c1-11-4-6-13(7-5-11)17(20)14-8-9-16-15(10-14)12(2)18(21)19(16)3/h4-10,12,17,20H,1-3H3. The van der Waals surface area contributed by atoms with Gasteiger partial charge in [-0.25, -0.2) is 0 Å². The van der Waals surface area contributed by atoms with Crippen molar-refractivity contribution in [1.29, 1.82) is 0 Å². The van der Waals surface area contributed by atoms with Gasteiger partial charge >= 0.3 is 0 Å². The van der Waals surface area contributed by atoms with E-state index in [0.717, 1.165) is 22.4 Å². The molecule has 1 amide bonds. The molecule has 0 aliphatic carbocycles. The van der Waals surface area contributed by atoms with Crippen molar-refractivity contribution in [3.05, 3.63) is 64.7 Å². The van der Waals surface area contributed by atoms with Gasteiger partial charge < -0.3 is 10.0 Å². The molecule has 0 saturated carbocycles. The Morgan fingerprint density at radius 3 is 2.38 bits per heavy atom. The highest BCUT2D eigenvalue weighted by atomic mass is 16.3. The Balaban J connectivity index is 1.98. The molecule has 1 aliphatic rings. The molecule has 3 heteroatoms. The maximum Gasteiger partial charge on any atom is 0.234 e. The van der Waals surface area contributed by atoms with Crippen molar-refractivity contribution in [1.82, 2.24) is 0 Å². The number of hydrogen-bond acceptors (Lipinski definition) is 2. The van der Waals surface area contributed by atoms with Crippen LogP contribution in [0.4, 0.5) is 5.69 Å². The number of carbonyl (C=O) groups excluding carboxylic acids is 1. The summed E-state index contributed by atoms with van der Waals surface area (Å²) in [4.78, 5) is 13.7. The van der Waals surface area contributed by atoms with Crippen molar-refractivity contribution in [2.75, 3.05) is 11.9 Å². The van der Waals surface area contributed by atoms with Gasteiger partial charge in [0.25, 0.3) is 0 Å². The van der Waals surface area contributed by atoms with Crippen LogP contribution < -0.4 is 4.90 Å². The van der Waals surface area contributed by atoms with Gasteiger partial charge in [0.2, 0.25) is 5.91 Å². The molecule has 0 fully saturated rings. The van der Waals surface area contributed by atoms with Crippen LogP contribution in [0, 0.1) is 6.92 Å². The summed E-state index contributed by atoms with van der Waals surface area (Å²) < 4.78 is 0. The van der Waals surface area contributed by atoms with Crippen LogP contribution in [-0.4, -0.2) is 18.1 Å². The minimum Gasteiger partial charge on any atom is -0.384 e. The summed E-state index contributed by atoms with van der Waals surface area (Å²) in [5, 5.41) is 10.5. The molecule has 2 atom stereocenters. The van der Waals surface area contributed by atoms with Crippen molar-refractivity contribution >= 4 is 11.6 Å². The molecule has 0 radical (unpaired) electrons. The lowest BCUT2D eigenvalue weighted by atomic mass is 9.95. The molecule has 1 aliphatic heterocycles. The van der Waals surface area contributed by atoms with Gasteiger partial charge in [-0.1, -0.05) is 35.9 Å². The smallest absolute Gasteiger partial charge is 0.234 e. The molecule has 0 aromatic heterocycles. The molecule has 3 rings (SSSR count). The van der Waals surface area contributed by atoms with E-state index in [2.05, 4.69) is 0 Å². The second-order valence-electron chi connectivity index (χ2n) is 5.75. The van der Waals surface area contributed by atoms with Gasteiger partial charge in [-0.05, 0) is 42.7 Å². The van der Waals surface area contributed by atoms with Crippen molar-refractivity contribution in [3.8, 4) is 0 Å². The van der Waals surface area contributed by atoms with Crippen LogP contribution in [0.25, 0.3) is 0 Å². The number of carbonyl (C=O) groups is 1. The lowest BCUT2D eigenvalue weighted by Crippen LogP contribution is -2.22. The molecule has 0 spiro atoms. The summed E-state index contributed by atoms with van der Waals surface area (Å²) in [6, 6.07) is 13.6. The fourth-order valence-corrected chi connectivity index (χ4v) is 2.88. The summed E-state index contributed by atoms with van der Waals surface area (Å²) in [6.45, 7) is 3.93. The van der Waals surface area contributed by atoms with E-state index in [1.807, 2.05) is 56.3 Å². The van der Waals surface area contributed by atoms with Crippen molar-refractivity contribution in [2.45, 2.75) is 25.9 Å². The highest BCUT2D eigenvalue weighted by molar-refractivity contribution is 6.04. The normalized spacial score (nSPS) is 18.8. The average Bonchev–Trinajstić information content (AvgIpc) is 2.72. The van der Waals surface area contributed by atoms with E-state index in [4.69, 9.17) is 0 Å². The number of rotatable bonds is 2. The summed E-state index contributed by atoms with van der Waals surface area (Å²) in [7, 11) is 1.79. The number of fused-ring (bicyclic) bond motifs is 1. The van der Waals surface area contributed by atoms with Crippen LogP contribution in [0.2, 0.25) is 0 Å². The van der Waals surface area contributed by atoms with E-state index in [-0.39, 0.29) is 11.8 Å². The molecule has 21 heavy (non-hydrogen) atoms. The Morgan fingerprint density at radius 2 is 1.71 bits per heavy atom. The molecule has 3 nitrogen and oxygen atoms in total. The first-order chi connectivity index (χ1) is 9.99. The number of anilines is 1. The van der Waals surface area contributed by atoms with E-state index in [0.29, 0.717) is 0 Å². The van der Waals surface area contributed by atoms with Crippen molar-refractivity contribution < 1.29 is 9.90 Å². The van der Waals surface area contributed by atoms with Gasteiger partial charge in [0, 0.05) is 12.7 Å². The summed E-state index contributed by atoms with van der Waals surface area (Å²) in [6.07, 6.45) is -0.663. The molecule has 0 bridgehead atoms. The first kappa shape index (κ1) is 13.8. The minimum atomic E-state index is -0.663. The molecular weight excluding hydrogens is 262 g/mol. The highest BCUT2D eigenvalue weighted by Crippen LogP contribution is 2.38. The number of nitrogens with zero attached hydrogens (tertiary/aromatic N) is 1. The monoisotopic (exact) mass is 281 g/mol. The van der Waals surface area contributed by atoms with Crippen LogP contribution >= 0.6 is 0 Å². The Hall–Kier alpha value is -2.13. The fourth-order valence-electron chi connectivity index (χ4n) is 2.88. The Labute approximate surface area is 124 Å². The topological polar surface area (TPSA) is 40.5 Å². The van der Waals surface area contributed by atoms with Gasteiger partial charge in [-0.3, -0.25) is 4.79 Å². The molecule has 1 N–H and O–H groups in total. The molecule has 2 unspecified atom stereocenters. The molecular formula is C18H19NO2. The Kier molecular flexibility index (Phi) is 3.30. The van der Waals surface area contributed by atoms with Gasteiger partial charge in [0.1, 0.15) is 6.10 Å².